The van der Waals surface area contributed by atoms with Gasteiger partial charge in [0.15, 0.2) is 0 Å². The van der Waals surface area contributed by atoms with E-state index < -0.39 is 0 Å². The van der Waals surface area contributed by atoms with Crippen LogP contribution in [0.5, 0.6) is 0 Å². The minimum atomic E-state index is -0.304. The van der Waals surface area contributed by atoms with E-state index >= 15 is 0 Å². The van der Waals surface area contributed by atoms with Crippen molar-refractivity contribution in [1.29, 1.82) is 0 Å². The number of likely N-dealkylation sites (tertiary alicyclic amines) is 2. The summed E-state index contributed by atoms with van der Waals surface area (Å²) in [6.45, 7) is 5.75. The fraction of sp³-hybridized carbons (Fsp3) is 0.933. The molecule has 2 aliphatic rings. The number of carbonyl (C=O) groups is 1. The highest BCUT2D eigenvalue weighted by molar-refractivity contribution is 5.78. The third kappa shape index (κ3) is 4.26. The van der Waals surface area contributed by atoms with Crippen LogP contribution in [0.3, 0.4) is 0 Å². The molecule has 0 aliphatic carbocycles. The molecule has 0 spiro atoms. The molecule has 2 rings (SSSR count). The molecule has 0 aromatic rings. The van der Waals surface area contributed by atoms with Gasteiger partial charge in [0.1, 0.15) is 12.0 Å². The predicted octanol–water partition coefficient (Wildman–Crippen LogP) is 1.34. The van der Waals surface area contributed by atoms with Gasteiger partial charge in [-0.15, -0.1) is 0 Å². The number of ketones is 1. The maximum Gasteiger partial charge on any atom is 0.133 e. The number of aliphatic hydroxyl groups is 1. The zero-order valence-electron chi connectivity index (χ0n) is 12.3. The van der Waals surface area contributed by atoms with E-state index in [1.807, 2.05) is 0 Å². The van der Waals surface area contributed by atoms with Gasteiger partial charge < -0.3 is 10.0 Å². The monoisotopic (exact) mass is 268 g/mol. The molecule has 0 saturated carbocycles. The van der Waals surface area contributed by atoms with Crippen molar-refractivity contribution in [3.63, 3.8) is 0 Å². The zero-order valence-corrected chi connectivity index (χ0v) is 12.3. The van der Waals surface area contributed by atoms with Crippen LogP contribution in [0.1, 0.15) is 39.0 Å². The molecule has 1 unspecified atom stereocenters. The summed E-state index contributed by atoms with van der Waals surface area (Å²) in [6.07, 6.45) is 4.84. The summed E-state index contributed by atoms with van der Waals surface area (Å²) in [5.41, 5.74) is 0. The number of hydrogen-bond acceptors (Lipinski definition) is 4. The smallest absolute Gasteiger partial charge is 0.133 e. The number of nitrogens with zero attached hydrogens (tertiary/aromatic N) is 2. The SMILES string of the molecule is CC(=O)C1CCN(C(O)CC2CCN(C)CC2)CC1. The lowest BCUT2D eigenvalue weighted by molar-refractivity contribution is -0.123. The fourth-order valence-corrected chi connectivity index (χ4v) is 3.35. The van der Waals surface area contributed by atoms with Gasteiger partial charge in [0.2, 0.25) is 0 Å². The first-order valence-corrected chi connectivity index (χ1v) is 7.67. The Bertz CT molecular complexity index is 293. The molecule has 0 radical (unpaired) electrons. The first-order chi connectivity index (χ1) is 9.06. The highest BCUT2D eigenvalue weighted by atomic mass is 16.3. The number of carbonyl (C=O) groups excluding carboxylic acids is 1. The van der Waals surface area contributed by atoms with Crippen molar-refractivity contribution in [2.24, 2.45) is 11.8 Å². The Morgan fingerprint density at radius 1 is 1.16 bits per heavy atom. The topological polar surface area (TPSA) is 43.8 Å². The Morgan fingerprint density at radius 2 is 1.74 bits per heavy atom. The number of Topliss-reactive ketones (excluding diaryl/α,β-unsaturated/α-hetero) is 1. The second-order valence-corrected chi connectivity index (χ2v) is 6.38. The Kier molecular flexibility index (Phi) is 5.37. The van der Waals surface area contributed by atoms with E-state index in [1.54, 1.807) is 6.92 Å². The molecule has 2 fully saturated rings. The highest BCUT2D eigenvalue weighted by Crippen LogP contribution is 2.25. The molecule has 0 aromatic carbocycles. The molecule has 2 saturated heterocycles. The Balaban J connectivity index is 1.72. The van der Waals surface area contributed by atoms with Crippen LogP contribution in [0.2, 0.25) is 0 Å². The third-order valence-corrected chi connectivity index (χ3v) is 4.91. The summed E-state index contributed by atoms with van der Waals surface area (Å²) in [5, 5.41) is 10.3. The molecule has 0 amide bonds. The summed E-state index contributed by atoms with van der Waals surface area (Å²) in [4.78, 5) is 15.9. The van der Waals surface area contributed by atoms with E-state index in [9.17, 15) is 9.90 Å². The van der Waals surface area contributed by atoms with Gasteiger partial charge in [-0.05, 0) is 65.1 Å². The van der Waals surface area contributed by atoms with Gasteiger partial charge in [-0.3, -0.25) is 9.69 Å². The molecule has 2 aliphatic heterocycles. The van der Waals surface area contributed by atoms with Crippen molar-refractivity contribution in [2.75, 3.05) is 33.2 Å². The molecule has 1 atom stereocenters. The van der Waals surface area contributed by atoms with Gasteiger partial charge in [-0.2, -0.15) is 0 Å². The standard InChI is InChI=1S/C15H28N2O2/c1-12(18)14-5-9-17(10-6-14)15(19)11-13-3-7-16(2)8-4-13/h13-15,19H,3-11H2,1-2H3. The van der Waals surface area contributed by atoms with Crippen LogP contribution >= 0.6 is 0 Å². The van der Waals surface area contributed by atoms with Gasteiger partial charge in [0.05, 0.1) is 0 Å². The first kappa shape index (κ1) is 14.9. The maximum atomic E-state index is 11.3. The average Bonchev–Trinajstić information content (AvgIpc) is 2.41. The van der Waals surface area contributed by atoms with Crippen molar-refractivity contribution in [1.82, 2.24) is 9.80 Å². The largest absolute Gasteiger partial charge is 0.378 e. The van der Waals surface area contributed by atoms with E-state index in [4.69, 9.17) is 0 Å². The predicted molar refractivity (Wildman–Crippen MR) is 75.8 cm³/mol. The van der Waals surface area contributed by atoms with E-state index in [1.165, 1.54) is 12.8 Å². The lowest BCUT2D eigenvalue weighted by Gasteiger charge is -2.37. The minimum Gasteiger partial charge on any atom is -0.378 e. The van der Waals surface area contributed by atoms with E-state index in [-0.39, 0.29) is 12.1 Å². The zero-order chi connectivity index (χ0) is 13.8. The summed E-state index contributed by atoms with van der Waals surface area (Å²) < 4.78 is 0. The van der Waals surface area contributed by atoms with E-state index in [0.29, 0.717) is 11.7 Å². The fourth-order valence-electron chi connectivity index (χ4n) is 3.35. The van der Waals surface area contributed by atoms with Gasteiger partial charge >= 0.3 is 0 Å². The summed E-state index contributed by atoms with van der Waals surface area (Å²) >= 11 is 0. The second kappa shape index (κ2) is 6.82. The van der Waals surface area contributed by atoms with Crippen molar-refractivity contribution in [3.05, 3.63) is 0 Å². The van der Waals surface area contributed by atoms with Crippen LogP contribution in [-0.2, 0) is 4.79 Å². The summed E-state index contributed by atoms with van der Waals surface area (Å²) in [6, 6.07) is 0. The van der Waals surface area contributed by atoms with Crippen LogP contribution in [0.15, 0.2) is 0 Å². The molecule has 0 bridgehead atoms. The van der Waals surface area contributed by atoms with Gasteiger partial charge in [-0.1, -0.05) is 0 Å². The van der Waals surface area contributed by atoms with Crippen LogP contribution in [0, 0.1) is 11.8 Å². The molecule has 2 heterocycles. The minimum absolute atomic E-state index is 0.229. The lowest BCUT2D eigenvalue weighted by Crippen LogP contribution is -2.44. The van der Waals surface area contributed by atoms with Crippen molar-refractivity contribution < 1.29 is 9.90 Å². The molecule has 0 aromatic heterocycles. The van der Waals surface area contributed by atoms with E-state index in [0.717, 1.165) is 45.4 Å². The Labute approximate surface area is 116 Å². The number of aliphatic hydroxyl groups excluding tert-OH is 1. The van der Waals surface area contributed by atoms with Crippen molar-refractivity contribution >= 4 is 5.78 Å². The Hall–Kier alpha value is -0.450. The van der Waals surface area contributed by atoms with Gasteiger partial charge in [0, 0.05) is 19.0 Å². The second-order valence-electron chi connectivity index (χ2n) is 6.38. The number of piperidine rings is 2. The summed E-state index contributed by atoms with van der Waals surface area (Å²) in [5.74, 6) is 1.20. The van der Waals surface area contributed by atoms with Gasteiger partial charge in [-0.25, -0.2) is 0 Å². The maximum absolute atomic E-state index is 11.3. The van der Waals surface area contributed by atoms with Crippen molar-refractivity contribution in [2.45, 2.75) is 45.3 Å². The third-order valence-electron chi connectivity index (χ3n) is 4.91. The Morgan fingerprint density at radius 3 is 2.26 bits per heavy atom. The van der Waals surface area contributed by atoms with Crippen molar-refractivity contribution in [3.8, 4) is 0 Å². The molecule has 4 heteroatoms. The van der Waals surface area contributed by atoms with E-state index in [2.05, 4.69) is 16.8 Å². The number of rotatable bonds is 4. The molecule has 110 valence electrons. The first-order valence-electron chi connectivity index (χ1n) is 7.67. The normalized spacial score (nSPS) is 26.5. The lowest BCUT2D eigenvalue weighted by atomic mass is 9.90. The molecule has 4 nitrogen and oxygen atoms in total. The molecule has 1 N–H and O–H groups in total. The van der Waals surface area contributed by atoms with Crippen LogP contribution in [0.25, 0.3) is 0 Å². The van der Waals surface area contributed by atoms with Crippen LogP contribution < -0.4 is 0 Å². The highest BCUT2D eigenvalue weighted by Gasteiger charge is 2.28. The van der Waals surface area contributed by atoms with Gasteiger partial charge in [0.25, 0.3) is 0 Å². The quantitative estimate of drug-likeness (QED) is 0.835. The summed E-state index contributed by atoms with van der Waals surface area (Å²) in [7, 11) is 2.17. The molecular weight excluding hydrogens is 240 g/mol. The average molecular weight is 268 g/mol. The number of hydrogen-bond donors (Lipinski definition) is 1. The van der Waals surface area contributed by atoms with Crippen LogP contribution in [0.4, 0.5) is 0 Å². The van der Waals surface area contributed by atoms with Crippen LogP contribution in [-0.4, -0.2) is 60.1 Å². The molecule has 19 heavy (non-hydrogen) atoms. The molecular formula is C15H28N2O2.